The summed E-state index contributed by atoms with van der Waals surface area (Å²) in [7, 11) is 0. The summed E-state index contributed by atoms with van der Waals surface area (Å²) < 4.78 is 16.1. The predicted molar refractivity (Wildman–Crippen MR) is 86.6 cm³/mol. The first-order valence-electron chi connectivity index (χ1n) is 7.09. The van der Waals surface area contributed by atoms with Gasteiger partial charge in [0.05, 0.1) is 11.0 Å². The van der Waals surface area contributed by atoms with Crippen LogP contribution in [-0.2, 0) is 6.42 Å². The third-order valence-electron chi connectivity index (χ3n) is 3.81. The lowest BCUT2D eigenvalue weighted by atomic mass is 10.1. The van der Waals surface area contributed by atoms with Gasteiger partial charge in [0.2, 0.25) is 0 Å². The van der Waals surface area contributed by atoms with E-state index in [0.29, 0.717) is 4.77 Å². The largest absolute Gasteiger partial charge is 0.331 e. The van der Waals surface area contributed by atoms with Gasteiger partial charge in [0, 0.05) is 6.04 Å². The molecule has 4 heteroatoms. The second-order valence-electron chi connectivity index (χ2n) is 5.33. The van der Waals surface area contributed by atoms with Crippen LogP contribution in [-0.4, -0.2) is 9.55 Å². The fourth-order valence-corrected chi connectivity index (χ4v) is 3.07. The van der Waals surface area contributed by atoms with Gasteiger partial charge in [-0.25, -0.2) is 4.39 Å². The number of aromatic nitrogens is 2. The lowest BCUT2D eigenvalue weighted by Gasteiger charge is -2.14. The van der Waals surface area contributed by atoms with Crippen LogP contribution < -0.4 is 0 Å². The van der Waals surface area contributed by atoms with Gasteiger partial charge in [0.25, 0.3) is 0 Å². The molecule has 108 valence electrons. The number of H-pyrrole nitrogens is 1. The molecule has 1 N–H and O–H groups in total. The summed E-state index contributed by atoms with van der Waals surface area (Å²) in [6.45, 7) is 2.12. The highest BCUT2D eigenvalue weighted by atomic mass is 32.1. The monoisotopic (exact) mass is 300 g/mol. The third kappa shape index (κ3) is 2.90. The minimum absolute atomic E-state index is 0.216. The van der Waals surface area contributed by atoms with Gasteiger partial charge in [-0.3, -0.25) is 0 Å². The van der Waals surface area contributed by atoms with Crippen LogP contribution in [0.1, 0.15) is 24.9 Å². The van der Waals surface area contributed by atoms with Crippen LogP contribution in [0.4, 0.5) is 4.39 Å². The molecule has 3 rings (SSSR count). The Hall–Kier alpha value is -1.94. The first-order valence-corrected chi connectivity index (χ1v) is 7.49. The van der Waals surface area contributed by atoms with Crippen molar-refractivity contribution in [2.24, 2.45) is 0 Å². The molecule has 0 radical (unpaired) electrons. The highest BCUT2D eigenvalue weighted by Crippen LogP contribution is 2.23. The molecule has 0 bridgehead atoms. The molecule has 2 aromatic carbocycles. The van der Waals surface area contributed by atoms with E-state index >= 15 is 0 Å². The van der Waals surface area contributed by atoms with E-state index in [0.717, 1.165) is 23.9 Å². The van der Waals surface area contributed by atoms with Gasteiger partial charge >= 0.3 is 0 Å². The number of rotatable bonds is 4. The van der Waals surface area contributed by atoms with Gasteiger partial charge in [-0.05, 0) is 55.7 Å². The highest BCUT2D eigenvalue weighted by molar-refractivity contribution is 7.71. The standard InChI is InChI=1S/C17H17FN2S/c1-12(7-8-13-5-3-2-4-6-13)20-16-11-14(18)9-10-15(16)19-17(20)21/h2-6,9-12H,7-8H2,1H3,(H,19,21). The van der Waals surface area contributed by atoms with Gasteiger partial charge in [-0.15, -0.1) is 0 Å². The highest BCUT2D eigenvalue weighted by Gasteiger charge is 2.12. The molecule has 2 nitrogen and oxygen atoms in total. The summed E-state index contributed by atoms with van der Waals surface area (Å²) in [5.74, 6) is -0.236. The average Bonchev–Trinajstić information content (AvgIpc) is 2.81. The summed E-state index contributed by atoms with van der Waals surface area (Å²) in [6.07, 6.45) is 1.94. The van der Waals surface area contributed by atoms with Crippen LogP contribution >= 0.6 is 12.2 Å². The number of nitrogens with zero attached hydrogens (tertiary/aromatic N) is 1. The van der Waals surface area contributed by atoms with Gasteiger partial charge < -0.3 is 9.55 Å². The van der Waals surface area contributed by atoms with E-state index in [9.17, 15) is 4.39 Å². The number of aryl methyl sites for hydroxylation is 1. The molecule has 0 saturated heterocycles. The first-order chi connectivity index (χ1) is 10.1. The smallest absolute Gasteiger partial charge is 0.178 e. The molecule has 0 amide bonds. The number of halogens is 1. The Morgan fingerprint density at radius 1 is 1.19 bits per heavy atom. The number of nitrogens with one attached hydrogen (secondary N) is 1. The van der Waals surface area contributed by atoms with Gasteiger partial charge in [0.15, 0.2) is 4.77 Å². The molecule has 21 heavy (non-hydrogen) atoms. The molecule has 0 aliphatic carbocycles. The fraction of sp³-hybridized carbons (Fsp3) is 0.235. The fourth-order valence-electron chi connectivity index (χ4n) is 2.68. The van der Waals surface area contributed by atoms with Crippen LogP contribution in [0.25, 0.3) is 11.0 Å². The Morgan fingerprint density at radius 3 is 2.71 bits per heavy atom. The topological polar surface area (TPSA) is 20.7 Å². The van der Waals surface area contributed by atoms with E-state index < -0.39 is 0 Å². The number of imidazole rings is 1. The Kier molecular flexibility index (Phi) is 3.88. The lowest BCUT2D eigenvalue weighted by molar-refractivity contribution is 0.513. The van der Waals surface area contributed by atoms with Crippen LogP contribution in [0.5, 0.6) is 0 Å². The van der Waals surface area contributed by atoms with Crippen molar-refractivity contribution in [3.63, 3.8) is 0 Å². The Bertz CT molecular complexity index is 805. The Morgan fingerprint density at radius 2 is 1.95 bits per heavy atom. The van der Waals surface area contributed by atoms with Crippen molar-refractivity contribution < 1.29 is 4.39 Å². The maximum Gasteiger partial charge on any atom is 0.178 e. The second kappa shape index (κ2) is 5.82. The molecule has 0 fully saturated rings. The van der Waals surface area contributed by atoms with Crippen LogP contribution in [0.3, 0.4) is 0 Å². The SMILES string of the molecule is CC(CCc1ccccc1)n1c(=S)[nH]c2ccc(F)cc21. The predicted octanol–water partition coefficient (Wildman–Crippen LogP) is 5.03. The summed E-state index contributed by atoms with van der Waals surface area (Å²) >= 11 is 5.39. The molecule has 0 aliphatic heterocycles. The van der Waals surface area contributed by atoms with Crippen molar-refractivity contribution in [3.05, 3.63) is 64.7 Å². The van der Waals surface area contributed by atoms with E-state index in [1.165, 1.54) is 11.6 Å². The van der Waals surface area contributed by atoms with Crippen molar-refractivity contribution in [2.75, 3.05) is 0 Å². The van der Waals surface area contributed by atoms with Crippen LogP contribution in [0.15, 0.2) is 48.5 Å². The first kappa shape index (κ1) is 14.0. The molecule has 1 heterocycles. The molecule has 1 unspecified atom stereocenters. The molecular weight excluding hydrogens is 283 g/mol. The maximum atomic E-state index is 13.5. The molecule has 3 aromatic rings. The van der Waals surface area contributed by atoms with E-state index in [-0.39, 0.29) is 11.9 Å². The summed E-state index contributed by atoms with van der Waals surface area (Å²) in [4.78, 5) is 3.14. The zero-order valence-electron chi connectivity index (χ0n) is 11.8. The quantitative estimate of drug-likeness (QED) is 0.670. The van der Waals surface area contributed by atoms with Crippen molar-refractivity contribution >= 4 is 23.3 Å². The third-order valence-corrected chi connectivity index (χ3v) is 4.11. The number of hydrogen-bond acceptors (Lipinski definition) is 1. The molecule has 1 atom stereocenters. The molecular formula is C17H17FN2S. The normalized spacial score (nSPS) is 12.7. The van der Waals surface area contributed by atoms with Crippen LogP contribution in [0, 0.1) is 10.6 Å². The van der Waals surface area contributed by atoms with E-state index in [1.807, 2.05) is 22.8 Å². The van der Waals surface area contributed by atoms with E-state index in [4.69, 9.17) is 12.2 Å². The summed E-state index contributed by atoms with van der Waals surface area (Å²) in [5, 5.41) is 0. The van der Waals surface area contributed by atoms with Crippen molar-refractivity contribution in [1.82, 2.24) is 9.55 Å². The van der Waals surface area contributed by atoms with E-state index in [1.54, 1.807) is 12.1 Å². The Labute approximate surface area is 128 Å². The number of hydrogen-bond donors (Lipinski definition) is 1. The molecule has 0 spiro atoms. The summed E-state index contributed by atoms with van der Waals surface area (Å²) in [6, 6.07) is 15.3. The number of fused-ring (bicyclic) bond motifs is 1. The number of aromatic amines is 1. The zero-order chi connectivity index (χ0) is 14.8. The molecule has 1 aromatic heterocycles. The lowest BCUT2D eigenvalue weighted by Crippen LogP contribution is -2.06. The van der Waals surface area contributed by atoms with E-state index in [2.05, 4.69) is 24.0 Å². The van der Waals surface area contributed by atoms with Gasteiger partial charge in [-0.2, -0.15) is 0 Å². The second-order valence-corrected chi connectivity index (χ2v) is 5.72. The average molecular weight is 300 g/mol. The summed E-state index contributed by atoms with van der Waals surface area (Å²) in [5.41, 5.74) is 3.02. The van der Waals surface area contributed by atoms with Crippen molar-refractivity contribution in [1.29, 1.82) is 0 Å². The minimum Gasteiger partial charge on any atom is -0.331 e. The van der Waals surface area contributed by atoms with Gasteiger partial charge in [0.1, 0.15) is 5.82 Å². The maximum absolute atomic E-state index is 13.5. The van der Waals surface area contributed by atoms with Crippen molar-refractivity contribution in [2.45, 2.75) is 25.8 Å². The van der Waals surface area contributed by atoms with Crippen molar-refractivity contribution in [3.8, 4) is 0 Å². The van der Waals surface area contributed by atoms with Gasteiger partial charge in [-0.1, -0.05) is 30.3 Å². The Balaban J connectivity index is 1.87. The molecule has 0 aliphatic rings. The minimum atomic E-state index is -0.236. The van der Waals surface area contributed by atoms with Crippen LogP contribution in [0.2, 0.25) is 0 Å². The zero-order valence-corrected chi connectivity index (χ0v) is 12.7. The number of benzene rings is 2. The molecule has 0 saturated carbocycles.